The van der Waals surface area contributed by atoms with Gasteiger partial charge in [-0.1, -0.05) is 48.5 Å². The van der Waals surface area contributed by atoms with E-state index >= 15 is 0 Å². The van der Waals surface area contributed by atoms with Gasteiger partial charge in [-0.15, -0.1) is 0 Å². The summed E-state index contributed by atoms with van der Waals surface area (Å²) in [5.74, 6) is -6.62. The van der Waals surface area contributed by atoms with E-state index in [9.17, 15) is 51.9 Å². The number of hydrogen-bond donors (Lipinski definition) is 5. The summed E-state index contributed by atoms with van der Waals surface area (Å²) in [6.07, 6.45) is 0.975. The second-order valence-corrected chi connectivity index (χ2v) is 22.9. The third-order valence-corrected chi connectivity index (χ3v) is 14.2. The number of nitrogens with one attached hydrogen (secondary N) is 4. The van der Waals surface area contributed by atoms with E-state index in [0.29, 0.717) is 52.1 Å². The molecule has 22 heteroatoms. The Kier molecular flexibility index (Phi) is 26.5. The van der Waals surface area contributed by atoms with Crippen LogP contribution in [-0.2, 0) is 52.9 Å². The monoisotopic (exact) mass is 1020 g/mol. The molecule has 0 spiro atoms. The maximum absolute atomic E-state index is 14.5. The van der Waals surface area contributed by atoms with Crippen molar-refractivity contribution in [1.29, 1.82) is 0 Å². The summed E-state index contributed by atoms with van der Waals surface area (Å²) in [4.78, 5) is 117. The molecular formula is C48H89N9O12S. The van der Waals surface area contributed by atoms with Crippen molar-refractivity contribution in [2.45, 2.75) is 163 Å². The number of carbonyl (C=O) groups excluding carboxylic acids is 8. The van der Waals surface area contributed by atoms with Crippen LogP contribution in [0.15, 0.2) is 0 Å². The highest BCUT2D eigenvalue weighted by Crippen LogP contribution is 2.21. The first kappa shape index (κ1) is 63.6. The van der Waals surface area contributed by atoms with Crippen LogP contribution >= 0.6 is 0 Å². The topological polar surface area (TPSA) is 264 Å². The van der Waals surface area contributed by atoms with E-state index in [2.05, 4.69) is 26.2 Å². The lowest BCUT2D eigenvalue weighted by atomic mass is 9.95. The predicted octanol–water partition coefficient (Wildman–Crippen LogP) is 0.381. The van der Waals surface area contributed by atoms with Crippen molar-refractivity contribution >= 4 is 57.1 Å². The third-order valence-electron chi connectivity index (χ3n) is 12.4. The number of carbonyl (C=O) groups is 8. The number of nitrogens with zero attached hydrogens (tertiary/aromatic N) is 5. The molecule has 0 unspecified atom stereocenters. The van der Waals surface area contributed by atoms with Crippen LogP contribution in [0.25, 0.3) is 0 Å². The first-order valence-electron chi connectivity index (χ1n) is 24.7. The highest BCUT2D eigenvalue weighted by Gasteiger charge is 2.42. The summed E-state index contributed by atoms with van der Waals surface area (Å²) in [6.45, 7) is 21.4. The highest BCUT2D eigenvalue weighted by molar-refractivity contribution is 7.91. The molecule has 7 atom stereocenters. The number of ether oxygens (including phenoxy) is 1. The summed E-state index contributed by atoms with van der Waals surface area (Å²) in [7, 11) is 3.07. The van der Waals surface area contributed by atoms with Crippen LogP contribution in [0, 0.1) is 17.8 Å². The molecule has 21 nitrogen and oxygen atoms in total. The molecule has 0 aliphatic carbocycles. The van der Waals surface area contributed by atoms with E-state index in [0.717, 1.165) is 9.80 Å². The molecule has 70 heavy (non-hydrogen) atoms. The normalized spacial score (nSPS) is 16.5. The average Bonchev–Trinajstić information content (AvgIpc) is 3.27. The first-order valence-corrected chi connectivity index (χ1v) is 26.5. The number of aliphatic hydroxyl groups is 1. The molecule has 8 amide bonds. The molecule has 404 valence electrons. The van der Waals surface area contributed by atoms with Gasteiger partial charge in [-0.25, -0.2) is 8.42 Å². The van der Waals surface area contributed by atoms with Crippen LogP contribution in [0.2, 0.25) is 0 Å². The van der Waals surface area contributed by atoms with Crippen LogP contribution in [0.5, 0.6) is 0 Å². The van der Waals surface area contributed by atoms with Gasteiger partial charge in [0, 0.05) is 61.2 Å². The molecule has 5 N–H and O–H groups in total. The van der Waals surface area contributed by atoms with E-state index in [-0.39, 0.29) is 42.8 Å². The van der Waals surface area contributed by atoms with Gasteiger partial charge < -0.3 is 50.7 Å². The zero-order valence-electron chi connectivity index (χ0n) is 45.0. The molecule has 0 aromatic carbocycles. The Bertz CT molecular complexity index is 1870. The Balaban J connectivity index is 3.42. The van der Waals surface area contributed by atoms with Crippen molar-refractivity contribution in [1.82, 2.24) is 45.8 Å². The Morgan fingerprint density at radius 3 is 1.63 bits per heavy atom. The molecule has 0 radical (unpaired) electrons. The minimum atomic E-state index is -3.93. The summed E-state index contributed by atoms with van der Waals surface area (Å²) in [5, 5.41) is 21.6. The fraction of sp³-hybridized carbons (Fsp3) is 0.833. The van der Waals surface area contributed by atoms with E-state index in [4.69, 9.17) is 4.74 Å². The number of sulfone groups is 1. The van der Waals surface area contributed by atoms with Crippen molar-refractivity contribution in [3.63, 3.8) is 0 Å². The summed E-state index contributed by atoms with van der Waals surface area (Å²) < 4.78 is 32.6. The van der Waals surface area contributed by atoms with Crippen molar-refractivity contribution < 1.29 is 56.6 Å². The molecule has 1 aliphatic rings. The Morgan fingerprint density at radius 1 is 0.657 bits per heavy atom. The second-order valence-electron chi connectivity index (χ2n) is 20.7. The summed E-state index contributed by atoms with van der Waals surface area (Å²) >= 11 is 0. The van der Waals surface area contributed by atoms with E-state index in [1.165, 1.54) is 72.7 Å². The molecule has 1 rings (SSSR count). The minimum absolute atomic E-state index is 0.0425. The lowest BCUT2D eigenvalue weighted by molar-refractivity contribution is -0.149. The Morgan fingerprint density at radius 2 is 1.14 bits per heavy atom. The van der Waals surface area contributed by atoms with Gasteiger partial charge in [-0.05, 0) is 77.7 Å². The van der Waals surface area contributed by atoms with Crippen molar-refractivity contribution in [2.24, 2.45) is 17.8 Å². The number of rotatable bonds is 29. The van der Waals surface area contributed by atoms with Gasteiger partial charge >= 0.3 is 0 Å². The molecule has 0 aromatic rings. The maximum Gasteiger partial charge on any atom is 0.246 e. The van der Waals surface area contributed by atoms with Gasteiger partial charge in [0.15, 0.2) is 9.84 Å². The highest BCUT2D eigenvalue weighted by atomic mass is 32.2. The standard InChI is InChI=1S/C48H89N9O12S/c1-17-19-39(58)53(13)38(29-70(67,68)25-18-20-57-21-23-69-24-22-57)46(64)56(16)37(28-48(10,11)66)44(62)52-40(32(6)7)47(65)55(15)36(27-31(4)5)43(61)50-33(8)41(59)51-34(9)45(63)54(14)35(26-30(2)3)42(60)49-12/h30-38,40,66H,17-29H2,1-16H3,(H,49,60)(H,50,61)(H,51,59)(H,52,62)/t33-,34+,35+,36+,37+,38-,40+/m1/s1. The summed E-state index contributed by atoms with van der Waals surface area (Å²) in [5.41, 5.74) is -1.55. The van der Waals surface area contributed by atoms with Crippen molar-refractivity contribution in [3.05, 3.63) is 0 Å². The Labute approximate surface area is 418 Å². The van der Waals surface area contributed by atoms with E-state index in [1.54, 1.807) is 20.8 Å². The lowest BCUT2D eigenvalue weighted by Crippen LogP contribution is -2.61. The molecule has 0 bridgehead atoms. The van der Waals surface area contributed by atoms with Crippen molar-refractivity contribution in [2.75, 3.05) is 79.6 Å². The van der Waals surface area contributed by atoms with Crippen LogP contribution in [0.3, 0.4) is 0 Å². The smallest absolute Gasteiger partial charge is 0.246 e. The molecule has 1 aliphatic heterocycles. The number of likely N-dealkylation sites (N-methyl/N-ethyl adjacent to an activating group) is 5. The third kappa shape index (κ3) is 20.7. The molecule has 1 fully saturated rings. The zero-order valence-corrected chi connectivity index (χ0v) is 45.9. The van der Waals surface area contributed by atoms with Gasteiger partial charge in [-0.3, -0.25) is 43.3 Å². The lowest BCUT2D eigenvalue weighted by Gasteiger charge is -2.38. The van der Waals surface area contributed by atoms with Crippen LogP contribution < -0.4 is 21.3 Å². The number of amides is 8. The van der Waals surface area contributed by atoms with Crippen LogP contribution in [-0.4, -0.2) is 213 Å². The first-order chi connectivity index (χ1) is 32.3. The largest absolute Gasteiger partial charge is 0.390 e. The van der Waals surface area contributed by atoms with Gasteiger partial charge in [0.05, 0.1) is 30.3 Å². The van der Waals surface area contributed by atoms with Gasteiger partial charge in [0.1, 0.15) is 42.3 Å². The van der Waals surface area contributed by atoms with Crippen LogP contribution in [0.1, 0.15) is 115 Å². The molecule has 0 aromatic heterocycles. The molecule has 0 saturated carbocycles. The van der Waals surface area contributed by atoms with E-state index in [1.807, 2.05) is 27.7 Å². The fourth-order valence-corrected chi connectivity index (χ4v) is 9.73. The SMILES string of the molecule is CCCC(=O)N(C)[C@H](CS(=O)(=O)CCCN1CCOCC1)C(=O)N(C)[C@@H](CC(C)(C)O)C(=O)N[C@H](C(=O)N(C)[C@@H](CC(C)C)C(=O)N[C@H](C)C(=O)N[C@@H](C)C(=O)N(C)[C@@H](CC(C)C)C(=O)NC)C(C)C. The second kappa shape index (κ2) is 29.2. The molecule has 1 heterocycles. The quantitative estimate of drug-likeness (QED) is 0.0680. The number of hydrogen-bond acceptors (Lipinski definition) is 13. The maximum atomic E-state index is 14.5. The average molecular weight is 1020 g/mol. The minimum Gasteiger partial charge on any atom is -0.390 e. The Hall–Kier alpha value is -4.41. The van der Waals surface area contributed by atoms with Gasteiger partial charge in [-0.2, -0.15) is 0 Å². The van der Waals surface area contributed by atoms with Gasteiger partial charge in [0.25, 0.3) is 0 Å². The van der Waals surface area contributed by atoms with Crippen LogP contribution in [0.4, 0.5) is 0 Å². The zero-order chi connectivity index (χ0) is 54.0. The fourth-order valence-electron chi connectivity index (χ4n) is 8.15. The summed E-state index contributed by atoms with van der Waals surface area (Å²) in [6, 6.07) is -8.38. The van der Waals surface area contributed by atoms with Crippen molar-refractivity contribution in [3.8, 4) is 0 Å². The van der Waals surface area contributed by atoms with E-state index < -0.39 is 111 Å². The van der Waals surface area contributed by atoms with Gasteiger partial charge in [0.2, 0.25) is 47.3 Å². The molecule has 1 saturated heterocycles. The predicted molar refractivity (Wildman–Crippen MR) is 268 cm³/mol. The number of morpholine rings is 1. The molecular weight excluding hydrogens is 927 g/mol.